The lowest BCUT2D eigenvalue weighted by atomic mass is 9.79. The summed E-state index contributed by atoms with van der Waals surface area (Å²) in [6.45, 7) is 11.1. The highest BCUT2D eigenvalue weighted by molar-refractivity contribution is 5.44. The lowest BCUT2D eigenvalue weighted by Crippen LogP contribution is -2.60. The van der Waals surface area contributed by atoms with Crippen LogP contribution in [0.2, 0.25) is 0 Å². The molecule has 1 aliphatic rings. The van der Waals surface area contributed by atoms with Crippen molar-refractivity contribution in [3.63, 3.8) is 0 Å². The van der Waals surface area contributed by atoms with Gasteiger partial charge in [-0.05, 0) is 52.7 Å². The maximum absolute atomic E-state index is 4.66. The molecule has 1 saturated heterocycles. The molecular formula is C16H26N6. The van der Waals surface area contributed by atoms with E-state index in [0.29, 0.717) is 6.04 Å². The Hall–Kier alpha value is -1.69. The van der Waals surface area contributed by atoms with Gasteiger partial charge in [-0.3, -0.25) is 0 Å². The van der Waals surface area contributed by atoms with Gasteiger partial charge in [0.1, 0.15) is 5.82 Å². The number of aromatic nitrogens is 4. The van der Waals surface area contributed by atoms with Crippen LogP contribution in [-0.2, 0) is 6.42 Å². The number of rotatable bonds is 3. The minimum Gasteiger partial charge on any atom is -0.366 e. The van der Waals surface area contributed by atoms with Crippen LogP contribution in [0, 0.1) is 0 Å². The Morgan fingerprint density at radius 3 is 2.50 bits per heavy atom. The monoisotopic (exact) mass is 302 g/mol. The number of fused-ring (bicyclic) bond motifs is 1. The van der Waals surface area contributed by atoms with Gasteiger partial charge in [0.25, 0.3) is 0 Å². The molecule has 1 aliphatic heterocycles. The Bertz CT molecular complexity index is 656. The first kappa shape index (κ1) is 15.2. The molecule has 2 N–H and O–H groups in total. The number of piperidine rings is 1. The highest BCUT2D eigenvalue weighted by Gasteiger charge is 2.37. The minimum absolute atomic E-state index is 0.120. The van der Waals surface area contributed by atoms with Crippen molar-refractivity contribution in [2.45, 2.75) is 71.0 Å². The van der Waals surface area contributed by atoms with Gasteiger partial charge in [0, 0.05) is 23.5 Å². The molecule has 0 aliphatic carbocycles. The molecule has 2 aromatic heterocycles. The van der Waals surface area contributed by atoms with E-state index in [1.165, 1.54) is 0 Å². The molecule has 2 aromatic rings. The zero-order chi connectivity index (χ0) is 16.0. The molecular weight excluding hydrogens is 276 g/mol. The van der Waals surface area contributed by atoms with Crippen molar-refractivity contribution in [1.82, 2.24) is 25.1 Å². The van der Waals surface area contributed by atoms with Crippen LogP contribution in [0.15, 0.2) is 12.1 Å². The zero-order valence-electron chi connectivity index (χ0n) is 14.1. The Morgan fingerprint density at radius 1 is 1.18 bits per heavy atom. The average Bonchev–Trinajstić information content (AvgIpc) is 2.77. The Morgan fingerprint density at radius 2 is 1.86 bits per heavy atom. The molecule has 1 fully saturated rings. The summed E-state index contributed by atoms with van der Waals surface area (Å²) in [6.07, 6.45) is 2.96. The van der Waals surface area contributed by atoms with E-state index in [1.807, 2.05) is 16.6 Å². The van der Waals surface area contributed by atoms with Gasteiger partial charge < -0.3 is 10.6 Å². The summed E-state index contributed by atoms with van der Waals surface area (Å²) in [5, 5.41) is 20.3. The molecule has 6 heteroatoms. The molecule has 0 aromatic carbocycles. The first-order valence-corrected chi connectivity index (χ1v) is 8.05. The van der Waals surface area contributed by atoms with E-state index in [-0.39, 0.29) is 11.1 Å². The molecule has 120 valence electrons. The van der Waals surface area contributed by atoms with Crippen molar-refractivity contribution in [2.24, 2.45) is 0 Å². The van der Waals surface area contributed by atoms with E-state index in [1.54, 1.807) is 0 Å². The third-order valence-corrected chi connectivity index (χ3v) is 4.19. The predicted molar refractivity (Wildman–Crippen MR) is 88.1 cm³/mol. The maximum atomic E-state index is 4.66. The van der Waals surface area contributed by atoms with Gasteiger partial charge in [0.2, 0.25) is 0 Å². The lowest BCUT2D eigenvalue weighted by molar-refractivity contribution is 0.170. The van der Waals surface area contributed by atoms with Crippen molar-refractivity contribution in [3.8, 4) is 0 Å². The first-order chi connectivity index (χ1) is 10.3. The second-order valence-electron chi connectivity index (χ2n) is 7.60. The predicted octanol–water partition coefficient (Wildman–Crippen LogP) is 2.41. The molecule has 6 nitrogen and oxygen atoms in total. The van der Waals surface area contributed by atoms with Crippen molar-refractivity contribution < 1.29 is 0 Å². The summed E-state index contributed by atoms with van der Waals surface area (Å²) >= 11 is 0. The molecule has 22 heavy (non-hydrogen) atoms. The third-order valence-electron chi connectivity index (χ3n) is 4.19. The highest BCUT2D eigenvalue weighted by Crippen LogP contribution is 2.30. The van der Waals surface area contributed by atoms with Gasteiger partial charge >= 0.3 is 0 Å². The summed E-state index contributed by atoms with van der Waals surface area (Å²) in [4.78, 5) is 0. The van der Waals surface area contributed by atoms with Crippen LogP contribution in [0.4, 0.5) is 5.82 Å². The fourth-order valence-corrected chi connectivity index (χ4v) is 3.76. The standard InChI is InChI=1S/C16H26N6/c1-6-13-18-19-14-8-7-12(20-22(13)14)17-11-9-15(2,3)21-16(4,5)10-11/h7-8,11,21H,6,9-10H2,1-5H3,(H,17,20). The van der Waals surface area contributed by atoms with E-state index >= 15 is 0 Å². The molecule has 0 radical (unpaired) electrons. The molecule has 0 atom stereocenters. The molecule has 0 bridgehead atoms. The van der Waals surface area contributed by atoms with E-state index < -0.39 is 0 Å². The molecule has 0 spiro atoms. The fraction of sp³-hybridized carbons (Fsp3) is 0.688. The van der Waals surface area contributed by atoms with Gasteiger partial charge in [-0.1, -0.05) is 6.92 Å². The summed E-state index contributed by atoms with van der Waals surface area (Å²) in [5.74, 6) is 1.78. The van der Waals surface area contributed by atoms with E-state index in [4.69, 9.17) is 0 Å². The van der Waals surface area contributed by atoms with Crippen molar-refractivity contribution in [3.05, 3.63) is 18.0 Å². The number of hydrogen-bond acceptors (Lipinski definition) is 5. The number of aryl methyl sites for hydroxylation is 1. The first-order valence-electron chi connectivity index (χ1n) is 8.05. The largest absolute Gasteiger partial charge is 0.366 e. The number of anilines is 1. The summed E-state index contributed by atoms with van der Waals surface area (Å²) < 4.78 is 1.83. The fourth-order valence-electron chi connectivity index (χ4n) is 3.76. The van der Waals surface area contributed by atoms with Crippen LogP contribution in [0.5, 0.6) is 0 Å². The van der Waals surface area contributed by atoms with Gasteiger partial charge in [-0.2, -0.15) is 4.52 Å². The minimum atomic E-state index is 0.120. The quantitative estimate of drug-likeness (QED) is 0.911. The van der Waals surface area contributed by atoms with Crippen LogP contribution in [0.25, 0.3) is 5.65 Å². The van der Waals surface area contributed by atoms with Crippen LogP contribution < -0.4 is 10.6 Å². The van der Waals surface area contributed by atoms with Crippen LogP contribution >= 0.6 is 0 Å². The molecule has 3 rings (SSSR count). The van der Waals surface area contributed by atoms with Crippen molar-refractivity contribution in [2.75, 3.05) is 5.32 Å². The van der Waals surface area contributed by atoms with Gasteiger partial charge in [0.15, 0.2) is 11.5 Å². The maximum Gasteiger partial charge on any atom is 0.178 e. The smallest absolute Gasteiger partial charge is 0.178 e. The summed E-state index contributed by atoms with van der Waals surface area (Å²) in [7, 11) is 0. The molecule has 0 amide bonds. The summed E-state index contributed by atoms with van der Waals surface area (Å²) in [6, 6.07) is 4.36. The number of nitrogens with one attached hydrogen (secondary N) is 2. The van der Waals surface area contributed by atoms with Gasteiger partial charge in [-0.25, -0.2) is 0 Å². The summed E-state index contributed by atoms with van der Waals surface area (Å²) in [5.41, 5.74) is 1.04. The van der Waals surface area contributed by atoms with E-state index in [0.717, 1.165) is 36.6 Å². The zero-order valence-corrected chi connectivity index (χ0v) is 14.1. The average molecular weight is 302 g/mol. The molecule has 0 unspecified atom stereocenters. The molecule has 0 saturated carbocycles. The topological polar surface area (TPSA) is 67.1 Å². The Labute approximate surface area is 131 Å². The SMILES string of the molecule is CCc1nnc2ccc(NC3CC(C)(C)NC(C)(C)C3)nn12. The normalized spacial score (nSPS) is 21.1. The van der Waals surface area contributed by atoms with Crippen LogP contribution in [0.1, 0.15) is 53.3 Å². The lowest BCUT2D eigenvalue weighted by Gasteiger charge is -2.46. The van der Waals surface area contributed by atoms with Crippen molar-refractivity contribution in [1.29, 1.82) is 0 Å². The Balaban J connectivity index is 1.83. The highest BCUT2D eigenvalue weighted by atomic mass is 15.4. The van der Waals surface area contributed by atoms with Crippen molar-refractivity contribution >= 4 is 11.5 Å². The van der Waals surface area contributed by atoms with Crippen LogP contribution in [0.3, 0.4) is 0 Å². The second kappa shape index (κ2) is 5.19. The van der Waals surface area contributed by atoms with E-state index in [9.17, 15) is 0 Å². The van der Waals surface area contributed by atoms with E-state index in [2.05, 4.69) is 60.5 Å². The third kappa shape index (κ3) is 3.06. The van der Waals surface area contributed by atoms with Gasteiger partial charge in [0.05, 0.1) is 0 Å². The number of hydrogen-bond donors (Lipinski definition) is 2. The van der Waals surface area contributed by atoms with Crippen LogP contribution in [-0.4, -0.2) is 36.9 Å². The second-order valence-corrected chi connectivity index (χ2v) is 7.60. The molecule has 3 heterocycles. The van der Waals surface area contributed by atoms with Gasteiger partial charge in [-0.15, -0.1) is 15.3 Å². The Kier molecular flexibility index (Phi) is 3.59. The number of nitrogens with zero attached hydrogens (tertiary/aromatic N) is 4.